The van der Waals surface area contributed by atoms with Gasteiger partial charge in [-0.25, -0.2) is 0 Å². The first-order valence-corrected chi connectivity index (χ1v) is 2.05. The predicted molar refractivity (Wildman–Crippen MR) is 28.4 cm³/mol. The van der Waals surface area contributed by atoms with Gasteiger partial charge in [-0.05, 0) is 5.17 Å². The molecule has 6 heteroatoms. The molecule has 0 atom stereocenters. The molecule has 0 bridgehead atoms. The van der Waals surface area contributed by atoms with Crippen LogP contribution >= 0.6 is 23.0 Å². The zero-order valence-corrected chi connectivity index (χ0v) is 5.19. The third-order valence-electron chi connectivity index (χ3n) is 0.225. The predicted octanol–water partition coefficient (Wildman–Crippen LogP) is 0.732. The molecule has 0 aliphatic rings. The molecule has 0 heterocycles. The summed E-state index contributed by atoms with van der Waals surface area (Å²) >= 11 is 1.36. The fourth-order valence-electron chi connectivity index (χ4n) is 0.0463. The first-order chi connectivity index (χ1) is 3.35. The van der Waals surface area contributed by atoms with Gasteiger partial charge in [-0.15, -0.1) is 4.91 Å². The SMILES string of the molecule is N#CN(N=O)OI. The van der Waals surface area contributed by atoms with Crippen LogP contribution in [0, 0.1) is 16.4 Å². The third-order valence-corrected chi connectivity index (χ3v) is 0.598. The van der Waals surface area contributed by atoms with Gasteiger partial charge in [-0.1, -0.05) is 0 Å². The number of hydrogen-bond donors (Lipinski definition) is 0. The normalized spacial score (nSPS) is 6.86. The van der Waals surface area contributed by atoms with Crippen molar-refractivity contribution in [2.24, 2.45) is 5.29 Å². The van der Waals surface area contributed by atoms with Crippen LogP contribution in [-0.2, 0) is 3.17 Å². The van der Waals surface area contributed by atoms with Crippen LogP contribution in [0.4, 0.5) is 0 Å². The summed E-state index contributed by atoms with van der Waals surface area (Å²) in [5.74, 6) is 0. The molecule has 0 saturated heterocycles. The highest BCUT2D eigenvalue weighted by Gasteiger charge is 1.92. The van der Waals surface area contributed by atoms with E-state index in [4.69, 9.17) is 5.26 Å². The molecule has 0 N–H and O–H groups in total. The first kappa shape index (κ1) is 6.58. The lowest BCUT2D eigenvalue weighted by atomic mass is 11.4. The van der Waals surface area contributed by atoms with Crippen molar-refractivity contribution in [3.63, 3.8) is 0 Å². The molecule has 0 aliphatic carbocycles. The monoisotopic (exact) mass is 213 g/mol. The van der Waals surface area contributed by atoms with E-state index in [-0.39, 0.29) is 5.17 Å². The van der Waals surface area contributed by atoms with E-state index >= 15 is 0 Å². The molecule has 0 aromatic heterocycles. The molecule has 0 spiro atoms. The smallest absolute Gasteiger partial charge is 0.170 e. The van der Waals surface area contributed by atoms with Gasteiger partial charge in [0.15, 0.2) is 0 Å². The van der Waals surface area contributed by atoms with E-state index < -0.39 is 0 Å². The number of halogens is 1. The molecule has 0 aromatic carbocycles. The summed E-state index contributed by atoms with van der Waals surface area (Å²) in [5, 5.41) is 10.1. The van der Waals surface area contributed by atoms with Crippen molar-refractivity contribution < 1.29 is 3.17 Å². The molecule has 0 aromatic rings. The van der Waals surface area contributed by atoms with Crippen molar-refractivity contribution in [3.05, 3.63) is 4.91 Å². The molecule has 0 saturated carbocycles. The van der Waals surface area contributed by atoms with E-state index in [0.717, 1.165) is 0 Å². The van der Waals surface area contributed by atoms with E-state index in [1.54, 1.807) is 0 Å². The summed E-state index contributed by atoms with van der Waals surface area (Å²) in [6, 6.07) is 0. The van der Waals surface area contributed by atoms with Crippen LogP contribution in [0.25, 0.3) is 0 Å². The van der Waals surface area contributed by atoms with Crippen molar-refractivity contribution in [2.75, 3.05) is 0 Å². The van der Waals surface area contributed by atoms with Crippen LogP contribution < -0.4 is 0 Å². The van der Waals surface area contributed by atoms with Crippen LogP contribution in [0.1, 0.15) is 0 Å². The maximum atomic E-state index is 9.29. The van der Waals surface area contributed by atoms with Crippen LogP contribution in [0.2, 0.25) is 0 Å². The minimum Gasteiger partial charge on any atom is -0.170 e. The number of nitrogens with zero attached hydrogens (tertiary/aromatic N) is 3. The minimum atomic E-state index is 0.237. The van der Waals surface area contributed by atoms with Gasteiger partial charge in [0, 0.05) is 0 Å². The Labute approximate surface area is 53.4 Å². The molecule has 0 radical (unpaired) electrons. The highest BCUT2D eigenvalue weighted by Crippen LogP contribution is 1.92. The Bertz CT molecular complexity index is 97.6. The summed E-state index contributed by atoms with van der Waals surface area (Å²) in [5.41, 5.74) is 0. The molecule has 0 aliphatic heterocycles. The Kier molecular flexibility index (Phi) is 3.53. The van der Waals surface area contributed by atoms with E-state index in [1.807, 2.05) is 0 Å². The Morgan fingerprint density at radius 1 is 2.00 bits per heavy atom. The fourth-order valence-corrected chi connectivity index (χ4v) is 0.206. The third kappa shape index (κ3) is 2.30. The van der Waals surface area contributed by atoms with Crippen molar-refractivity contribution in [2.45, 2.75) is 0 Å². The molecular formula is CIN3O2. The first-order valence-electron chi connectivity index (χ1n) is 1.17. The van der Waals surface area contributed by atoms with Crippen LogP contribution in [-0.4, -0.2) is 5.17 Å². The van der Waals surface area contributed by atoms with Crippen molar-refractivity contribution in [1.82, 2.24) is 5.17 Å². The minimum absolute atomic E-state index is 0.237. The van der Waals surface area contributed by atoms with Crippen molar-refractivity contribution in [1.29, 1.82) is 5.26 Å². The summed E-state index contributed by atoms with van der Waals surface area (Å²) in [4.78, 5) is 9.29. The van der Waals surface area contributed by atoms with Gasteiger partial charge in [0.1, 0.15) is 23.0 Å². The quantitative estimate of drug-likeness (QED) is 0.223. The summed E-state index contributed by atoms with van der Waals surface area (Å²) < 4.78 is 4.01. The van der Waals surface area contributed by atoms with E-state index in [0.29, 0.717) is 0 Å². The largest absolute Gasteiger partial charge is 0.233 e. The lowest BCUT2D eigenvalue weighted by Crippen LogP contribution is -2.00. The molecule has 7 heavy (non-hydrogen) atoms. The molecule has 0 rings (SSSR count). The Balaban J connectivity index is 3.43. The fraction of sp³-hybridized carbons (Fsp3) is 0. The number of rotatable bonds is 2. The van der Waals surface area contributed by atoms with Crippen LogP contribution in [0.15, 0.2) is 5.29 Å². The summed E-state index contributed by atoms with van der Waals surface area (Å²) in [6.07, 6.45) is 1.33. The van der Waals surface area contributed by atoms with Gasteiger partial charge < -0.3 is 0 Å². The summed E-state index contributed by atoms with van der Waals surface area (Å²) in [6.45, 7) is 0. The molecule has 0 unspecified atom stereocenters. The number of nitriles is 1. The standard InChI is InChI=1S/CIN3O2/c2-7-5(1-3)4-6. The summed E-state index contributed by atoms with van der Waals surface area (Å²) in [7, 11) is 0. The topological polar surface area (TPSA) is 65.7 Å². The maximum absolute atomic E-state index is 9.29. The Morgan fingerprint density at radius 3 is 2.57 bits per heavy atom. The number of hydrogen-bond acceptors (Lipinski definition) is 4. The van der Waals surface area contributed by atoms with Crippen LogP contribution in [0.5, 0.6) is 0 Å². The van der Waals surface area contributed by atoms with Gasteiger partial charge in [-0.2, -0.15) is 8.43 Å². The van der Waals surface area contributed by atoms with E-state index in [9.17, 15) is 4.91 Å². The lowest BCUT2D eigenvalue weighted by molar-refractivity contribution is 0.0621. The lowest BCUT2D eigenvalue weighted by Gasteiger charge is -1.91. The second-order valence-electron chi connectivity index (χ2n) is 0.524. The van der Waals surface area contributed by atoms with Gasteiger partial charge in [0.2, 0.25) is 6.19 Å². The zero-order chi connectivity index (χ0) is 5.70. The second-order valence-corrected chi connectivity index (χ2v) is 0.917. The second kappa shape index (κ2) is 3.76. The molecule has 5 nitrogen and oxygen atoms in total. The zero-order valence-electron chi connectivity index (χ0n) is 3.04. The maximum Gasteiger partial charge on any atom is 0.233 e. The van der Waals surface area contributed by atoms with Gasteiger partial charge >= 0.3 is 0 Å². The van der Waals surface area contributed by atoms with E-state index in [2.05, 4.69) is 8.45 Å². The molecule has 0 amide bonds. The molecule has 0 fully saturated rings. The van der Waals surface area contributed by atoms with E-state index in [1.165, 1.54) is 29.2 Å². The number of nitroso groups, excluding NO2 is 1. The highest BCUT2D eigenvalue weighted by molar-refractivity contribution is 14.1. The molecular weight excluding hydrogens is 213 g/mol. The van der Waals surface area contributed by atoms with Crippen LogP contribution in [0.3, 0.4) is 0 Å². The molecule has 38 valence electrons. The van der Waals surface area contributed by atoms with Gasteiger partial charge in [0.25, 0.3) is 0 Å². The number of hydroxylamine groups is 1. The highest BCUT2D eigenvalue weighted by atomic mass is 127. The average molecular weight is 213 g/mol. The van der Waals surface area contributed by atoms with Crippen molar-refractivity contribution in [3.8, 4) is 6.19 Å². The van der Waals surface area contributed by atoms with Crippen molar-refractivity contribution >= 4 is 23.0 Å². The Hall–Kier alpha value is -0.420. The Morgan fingerprint density at radius 2 is 2.57 bits per heavy atom. The average Bonchev–Trinajstić information content (AvgIpc) is 1.72. The van der Waals surface area contributed by atoms with Gasteiger partial charge in [0.05, 0.1) is 5.29 Å². The van der Waals surface area contributed by atoms with Gasteiger partial charge in [-0.3, -0.25) is 0 Å².